The Kier molecular flexibility index (Phi) is 6.14. The highest BCUT2D eigenvalue weighted by Crippen LogP contribution is 2.44. The van der Waals surface area contributed by atoms with Gasteiger partial charge in [-0.1, -0.05) is 0 Å². The average Bonchev–Trinajstić information content (AvgIpc) is 3.41. The monoisotopic (exact) mass is 441 g/mol. The number of ketones is 1. The second kappa shape index (κ2) is 9.00. The van der Waals surface area contributed by atoms with Crippen LogP contribution in [0.1, 0.15) is 30.0 Å². The lowest BCUT2D eigenvalue weighted by atomic mass is 9.94. The van der Waals surface area contributed by atoms with Gasteiger partial charge in [0.25, 0.3) is 11.7 Å². The first-order valence-electron chi connectivity index (χ1n) is 10.3. The highest BCUT2D eigenvalue weighted by molar-refractivity contribution is 6.46. The lowest BCUT2D eigenvalue weighted by Crippen LogP contribution is -2.36. The van der Waals surface area contributed by atoms with E-state index in [1.165, 1.54) is 43.4 Å². The van der Waals surface area contributed by atoms with Gasteiger partial charge in [-0.3, -0.25) is 9.59 Å². The summed E-state index contributed by atoms with van der Waals surface area (Å²) in [6.45, 7) is 0.797. The number of hydrogen-bond donors (Lipinski definition) is 1. The number of amides is 1. The molecule has 2 fully saturated rings. The molecular weight excluding hydrogens is 417 g/mol. The molecule has 168 valence electrons. The fourth-order valence-corrected chi connectivity index (χ4v) is 4.21. The third kappa shape index (κ3) is 3.93. The van der Waals surface area contributed by atoms with Gasteiger partial charge in [0.1, 0.15) is 23.1 Å². The molecule has 0 unspecified atom stereocenters. The number of ether oxygens (including phenoxy) is 3. The number of aliphatic hydroxyl groups is 1. The zero-order chi connectivity index (χ0) is 22.8. The lowest BCUT2D eigenvalue weighted by molar-refractivity contribution is -0.140. The molecule has 2 aromatic carbocycles. The molecule has 7 nitrogen and oxygen atoms in total. The van der Waals surface area contributed by atoms with Crippen molar-refractivity contribution >= 4 is 17.4 Å². The summed E-state index contributed by atoms with van der Waals surface area (Å²) in [5, 5.41) is 11.0. The van der Waals surface area contributed by atoms with Crippen molar-refractivity contribution in [2.75, 3.05) is 27.4 Å². The van der Waals surface area contributed by atoms with Crippen LogP contribution in [0.3, 0.4) is 0 Å². The normalized spacial score (nSPS) is 22.4. The molecule has 1 amide bonds. The molecule has 8 heteroatoms. The van der Waals surface area contributed by atoms with Crippen LogP contribution in [0.5, 0.6) is 11.5 Å². The number of nitrogens with zero attached hydrogens (tertiary/aromatic N) is 1. The SMILES string of the molecule is COc1ccc([C@H]2C(=C(O)c3ccc(F)cc3)C(=O)C(=O)N2C[C@@H]2CCCO2)c(OC)c1. The van der Waals surface area contributed by atoms with Crippen LogP contribution >= 0.6 is 0 Å². The second-order valence-corrected chi connectivity index (χ2v) is 7.70. The van der Waals surface area contributed by atoms with E-state index in [2.05, 4.69) is 0 Å². The van der Waals surface area contributed by atoms with Crippen molar-refractivity contribution in [2.24, 2.45) is 0 Å². The highest BCUT2D eigenvalue weighted by atomic mass is 19.1. The van der Waals surface area contributed by atoms with E-state index in [0.717, 1.165) is 12.8 Å². The van der Waals surface area contributed by atoms with Crippen LogP contribution in [0.4, 0.5) is 4.39 Å². The van der Waals surface area contributed by atoms with E-state index in [9.17, 15) is 19.1 Å². The van der Waals surface area contributed by atoms with Crippen LogP contribution in [-0.4, -0.2) is 55.2 Å². The van der Waals surface area contributed by atoms with Crippen molar-refractivity contribution in [1.29, 1.82) is 0 Å². The summed E-state index contributed by atoms with van der Waals surface area (Å²) in [5.41, 5.74) is 0.677. The van der Waals surface area contributed by atoms with Crippen molar-refractivity contribution in [3.05, 3.63) is 65.0 Å². The van der Waals surface area contributed by atoms with Gasteiger partial charge in [0.05, 0.1) is 31.9 Å². The number of methoxy groups -OCH3 is 2. The van der Waals surface area contributed by atoms with E-state index >= 15 is 0 Å². The molecular formula is C24H24FNO6. The first kappa shape index (κ1) is 21.8. The summed E-state index contributed by atoms with van der Waals surface area (Å²) in [4.78, 5) is 27.6. The van der Waals surface area contributed by atoms with Gasteiger partial charge >= 0.3 is 0 Å². The number of carbonyl (C=O) groups is 2. The second-order valence-electron chi connectivity index (χ2n) is 7.70. The minimum absolute atomic E-state index is 0.0805. The molecule has 2 atom stereocenters. The Morgan fingerprint density at radius 3 is 2.53 bits per heavy atom. The zero-order valence-corrected chi connectivity index (χ0v) is 17.8. The molecule has 2 heterocycles. The minimum Gasteiger partial charge on any atom is -0.507 e. The number of likely N-dealkylation sites (tertiary alicyclic amines) is 1. The van der Waals surface area contributed by atoms with Gasteiger partial charge in [-0.15, -0.1) is 0 Å². The molecule has 2 saturated heterocycles. The van der Waals surface area contributed by atoms with E-state index in [4.69, 9.17) is 14.2 Å². The molecule has 0 aliphatic carbocycles. The Hall–Kier alpha value is -3.39. The van der Waals surface area contributed by atoms with E-state index in [-0.39, 0.29) is 29.5 Å². The number of rotatable bonds is 6. The van der Waals surface area contributed by atoms with Crippen molar-refractivity contribution in [2.45, 2.75) is 25.0 Å². The summed E-state index contributed by atoms with van der Waals surface area (Å²) in [6.07, 6.45) is 1.44. The molecule has 1 N–H and O–H groups in total. The molecule has 0 aromatic heterocycles. The number of benzene rings is 2. The smallest absolute Gasteiger partial charge is 0.295 e. The van der Waals surface area contributed by atoms with Crippen molar-refractivity contribution < 1.29 is 33.3 Å². The van der Waals surface area contributed by atoms with Crippen LogP contribution in [-0.2, 0) is 14.3 Å². The van der Waals surface area contributed by atoms with Gasteiger partial charge in [0.15, 0.2) is 0 Å². The summed E-state index contributed by atoms with van der Waals surface area (Å²) >= 11 is 0. The molecule has 0 radical (unpaired) electrons. The predicted octanol–water partition coefficient (Wildman–Crippen LogP) is 3.44. The van der Waals surface area contributed by atoms with Gasteiger partial charge in [0, 0.05) is 30.3 Å². The molecule has 4 rings (SSSR count). The summed E-state index contributed by atoms with van der Waals surface area (Å²) in [6, 6.07) is 9.24. The molecule has 2 aromatic rings. The van der Waals surface area contributed by atoms with Crippen molar-refractivity contribution in [1.82, 2.24) is 4.90 Å². The molecule has 2 aliphatic rings. The van der Waals surface area contributed by atoms with Gasteiger partial charge in [-0.05, 0) is 49.2 Å². The highest BCUT2D eigenvalue weighted by Gasteiger charge is 2.48. The number of hydrogen-bond acceptors (Lipinski definition) is 6. The third-order valence-electron chi connectivity index (χ3n) is 5.82. The third-order valence-corrected chi connectivity index (χ3v) is 5.82. The predicted molar refractivity (Wildman–Crippen MR) is 114 cm³/mol. The van der Waals surface area contributed by atoms with Crippen LogP contribution in [0.2, 0.25) is 0 Å². The van der Waals surface area contributed by atoms with E-state index < -0.39 is 23.5 Å². The van der Waals surface area contributed by atoms with Crippen LogP contribution < -0.4 is 9.47 Å². The van der Waals surface area contributed by atoms with Gasteiger partial charge in [0.2, 0.25) is 0 Å². The average molecular weight is 441 g/mol. The van der Waals surface area contributed by atoms with Crippen molar-refractivity contribution in [3.8, 4) is 11.5 Å². The molecule has 0 saturated carbocycles. The Bertz CT molecular complexity index is 1060. The minimum atomic E-state index is -0.898. The molecule has 32 heavy (non-hydrogen) atoms. The molecule has 2 aliphatic heterocycles. The first-order chi connectivity index (χ1) is 15.4. The van der Waals surface area contributed by atoms with E-state index in [1.54, 1.807) is 18.2 Å². The Balaban J connectivity index is 1.87. The molecule has 0 bridgehead atoms. The Labute approximate surface area is 185 Å². The number of carbonyl (C=O) groups excluding carboxylic acids is 2. The number of halogens is 1. The van der Waals surface area contributed by atoms with Gasteiger partial charge in [-0.2, -0.15) is 0 Å². The lowest BCUT2D eigenvalue weighted by Gasteiger charge is -2.28. The fourth-order valence-electron chi connectivity index (χ4n) is 4.21. The van der Waals surface area contributed by atoms with E-state index in [0.29, 0.717) is 23.7 Å². The van der Waals surface area contributed by atoms with Gasteiger partial charge < -0.3 is 24.2 Å². The maximum absolute atomic E-state index is 13.4. The fraction of sp³-hybridized carbons (Fsp3) is 0.333. The summed E-state index contributed by atoms with van der Waals surface area (Å²) < 4.78 is 29.9. The maximum atomic E-state index is 13.4. The Morgan fingerprint density at radius 2 is 1.91 bits per heavy atom. The number of Topliss-reactive ketones (excluding diaryl/α,β-unsaturated/α-hetero) is 1. The standard InChI is InChI=1S/C24H24FNO6/c1-30-16-9-10-18(19(12-16)31-2)21-20(22(27)14-5-7-15(25)8-6-14)23(28)24(29)26(21)13-17-4-3-11-32-17/h5-10,12,17,21,27H,3-4,11,13H2,1-2H3/t17-,21-/m0/s1. The largest absolute Gasteiger partial charge is 0.507 e. The van der Waals surface area contributed by atoms with Crippen LogP contribution in [0, 0.1) is 5.82 Å². The van der Waals surface area contributed by atoms with Crippen LogP contribution in [0.25, 0.3) is 5.76 Å². The Morgan fingerprint density at radius 1 is 1.16 bits per heavy atom. The quantitative estimate of drug-likeness (QED) is 0.420. The zero-order valence-electron chi connectivity index (χ0n) is 17.8. The maximum Gasteiger partial charge on any atom is 0.295 e. The number of aliphatic hydroxyl groups excluding tert-OH is 1. The summed E-state index contributed by atoms with van der Waals surface area (Å²) in [5.74, 6) is -1.45. The van der Waals surface area contributed by atoms with E-state index in [1.807, 2.05) is 0 Å². The first-order valence-corrected chi connectivity index (χ1v) is 10.3. The van der Waals surface area contributed by atoms with Crippen molar-refractivity contribution in [3.63, 3.8) is 0 Å². The molecule has 0 spiro atoms. The van der Waals surface area contributed by atoms with Crippen LogP contribution in [0.15, 0.2) is 48.0 Å². The topological polar surface area (TPSA) is 85.3 Å². The van der Waals surface area contributed by atoms with Gasteiger partial charge in [-0.25, -0.2) is 4.39 Å². The summed E-state index contributed by atoms with van der Waals surface area (Å²) in [7, 11) is 3.00.